The zero-order chi connectivity index (χ0) is 12.4. The molecule has 17 heavy (non-hydrogen) atoms. The molecule has 0 aliphatic rings. The van der Waals surface area contributed by atoms with Crippen molar-refractivity contribution in [2.24, 2.45) is 0 Å². The standard InChI is InChI=1S/C11H10BrN3O2/c1-7-4-9(2-3-10(7)12)15-6-8(13-14-15)5-11(16)17/h2-4,6H,5H2,1H3,(H,16,17). The highest BCUT2D eigenvalue weighted by molar-refractivity contribution is 9.10. The number of aromatic nitrogens is 3. The number of carbonyl (C=O) groups is 1. The van der Waals surface area contributed by atoms with Gasteiger partial charge < -0.3 is 5.11 Å². The third-order valence-corrected chi connectivity index (χ3v) is 3.17. The van der Waals surface area contributed by atoms with Gasteiger partial charge in [0, 0.05) is 4.47 Å². The van der Waals surface area contributed by atoms with Gasteiger partial charge in [-0.25, -0.2) is 4.68 Å². The van der Waals surface area contributed by atoms with Crippen molar-refractivity contribution >= 4 is 21.9 Å². The van der Waals surface area contributed by atoms with Crippen molar-refractivity contribution in [1.82, 2.24) is 15.0 Å². The molecule has 6 heteroatoms. The van der Waals surface area contributed by atoms with Gasteiger partial charge in [-0.2, -0.15) is 0 Å². The first-order valence-corrected chi connectivity index (χ1v) is 5.75. The highest BCUT2D eigenvalue weighted by atomic mass is 79.9. The molecule has 0 aliphatic heterocycles. The minimum atomic E-state index is -0.913. The zero-order valence-electron chi connectivity index (χ0n) is 9.09. The van der Waals surface area contributed by atoms with E-state index in [1.165, 1.54) is 0 Å². The Balaban J connectivity index is 2.30. The van der Waals surface area contributed by atoms with Crippen molar-refractivity contribution in [2.75, 3.05) is 0 Å². The van der Waals surface area contributed by atoms with Crippen LogP contribution in [0.2, 0.25) is 0 Å². The summed E-state index contributed by atoms with van der Waals surface area (Å²) >= 11 is 3.42. The number of hydrogen-bond acceptors (Lipinski definition) is 3. The third-order valence-electron chi connectivity index (χ3n) is 2.28. The lowest BCUT2D eigenvalue weighted by Gasteiger charge is -2.02. The van der Waals surface area contributed by atoms with Crippen LogP contribution in [0.3, 0.4) is 0 Å². The van der Waals surface area contributed by atoms with Crippen molar-refractivity contribution in [3.63, 3.8) is 0 Å². The first-order chi connectivity index (χ1) is 8.06. The summed E-state index contributed by atoms with van der Waals surface area (Å²) in [6.45, 7) is 1.97. The molecule has 5 nitrogen and oxygen atoms in total. The van der Waals surface area contributed by atoms with Crippen LogP contribution in [0.5, 0.6) is 0 Å². The number of carboxylic acid groups (broad SMARTS) is 1. The molecule has 1 N–H and O–H groups in total. The van der Waals surface area contributed by atoms with Gasteiger partial charge in [0.15, 0.2) is 0 Å². The second-order valence-electron chi connectivity index (χ2n) is 3.66. The number of aliphatic carboxylic acids is 1. The van der Waals surface area contributed by atoms with Crippen LogP contribution >= 0.6 is 15.9 Å². The summed E-state index contributed by atoms with van der Waals surface area (Å²) in [5, 5.41) is 16.3. The monoisotopic (exact) mass is 295 g/mol. The Kier molecular flexibility index (Phi) is 3.23. The lowest BCUT2D eigenvalue weighted by Crippen LogP contribution is -2.00. The summed E-state index contributed by atoms with van der Waals surface area (Å²) in [7, 11) is 0. The van der Waals surface area contributed by atoms with Crippen LogP contribution in [0, 0.1) is 6.92 Å². The molecule has 1 aromatic heterocycles. The lowest BCUT2D eigenvalue weighted by atomic mass is 10.2. The van der Waals surface area contributed by atoms with Gasteiger partial charge in [-0.15, -0.1) is 5.10 Å². The van der Waals surface area contributed by atoms with E-state index in [0.29, 0.717) is 5.69 Å². The van der Waals surface area contributed by atoms with Crippen LogP contribution in [0.1, 0.15) is 11.3 Å². The van der Waals surface area contributed by atoms with Gasteiger partial charge >= 0.3 is 5.97 Å². The number of nitrogens with zero attached hydrogens (tertiary/aromatic N) is 3. The maximum Gasteiger partial charge on any atom is 0.309 e. The highest BCUT2D eigenvalue weighted by Gasteiger charge is 2.07. The number of rotatable bonds is 3. The Morgan fingerprint density at radius 2 is 2.29 bits per heavy atom. The predicted octanol–water partition coefficient (Wildman–Crippen LogP) is 1.97. The molecular formula is C11H10BrN3O2. The van der Waals surface area contributed by atoms with Gasteiger partial charge in [-0.3, -0.25) is 4.79 Å². The van der Waals surface area contributed by atoms with E-state index in [1.807, 2.05) is 25.1 Å². The fourth-order valence-corrected chi connectivity index (χ4v) is 1.68. The van der Waals surface area contributed by atoms with E-state index in [9.17, 15) is 4.79 Å². The summed E-state index contributed by atoms with van der Waals surface area (Å²) in [5.74, 6) is -0.913. The van der Waals surface area contributed by atoms with Crippen LogP contribution in [0.15, 0.2) is 28.9 Å². The third kappa shape index (κ3) is 2.71. The molecule has 0 aliphatic carbocycles. The minimum absolute atomic E-state index is 0.116. The molecule has 0 atom stereocenters. The molecule has 0 fully saturated rings. The zero-order valence-corrected chi connectivity index (χ0v) is 10.7. The molecule has 0 amide bonds. The average molecular weight is 296 g/mol. The average Bonchev–Trinajstić information content (AvgIpc) is 2.69. The van der Waals surface area contributed by atoms with Crippen molar-refractivity contribution in [3.8, 4) is 5.69 Å². The molecule has 0 saturated carbocycles. The van der Waals surface area contributed by atoms with E-state index in [-0.39, 0.29) is 6.42 Å². The van der Waals surface area contributed by atoms with Crippen LogP contribution < -0.4 is 0 Å². The number of hydrogen-bond donors (Lipinski definition) is 1. The van der Waals surface area contributed by atoms with Crippen LogP contribution in [0.25, 0.3) is 5.69 Å². The van der Waals surface area contributed by atoms with Gasteiger partial charge in [0.25, 0.3) is 0 Å². The van der Waals surface area contributed by atoms with E-state index < -0.39 is 5.97 Å². The molecule has 2 aromatic rings. The number of aryl methyl sites for hydroxylation is 1. The van der Waals surface area contributed by atoms with Crippen molar-refractivity contribution in [1.29, 1.82) is 0 Å². The molecule has 0 unspecified atom stereocenters. The van der Waals surface area contributed by atoms with Crippen LogP contribution in [-0.2, 0) is 11.2 Å². The molecule has 2 rings (SSSR count). The molecule has 0 radical (unpaired) electrons. The second-order valence-corrected chi connectivity index (χ2v) is 4.51. The smallest absolute Gasteiger partial charge is 0.309 e. The van der Waals surface area contributed by atoms with E-state index in [2.05, 4.69) is 26.2 Å². The Morgan fingerprint density at radius 3 is 2.94 bits per heavy atom. The van der Waals surface area contributed by atoms with E-state index in [4.69, 9.17) is 5.11 Å². The molecular weight excluding hydrogens is 286 g/mol. The second kappa shape index (κ2) is 4.67. The van der Waals surface area contributed by atoms with E-state index >= 15 is 0 Å². The minimum Gasteiger partial charge on any atom is -0.481 e. The first kappa shape index (κ1) is 11.8. The van der Waals surface area contributed by atoms with Gasteiger partial charge in [-0.05, 0) is 30.7 Å². The predicted molar refractivity (Wildman–Crippen MR) is 65.1 cm³/mol. The number of carboxylic acids is 1. The summed E-state index contributed by atoms with van der Waals surface area (Å²) in [6, 6.07) is 5.75. The molecule has 0 bridgehead atoms. The fraction of sp³-hybridized carbons (Fsp3) is 0.182. The Morgan fingerprint density at radius 1 is 1.53 bits per heavy atom. The Labute approximate surface area is 106 Å². The highest BCUT2D eigenvalue weighted by Crippen LogP contribution is 2.19. The molecule has 88 valence electrons. The largest absolute Gasteiger partial charge is 0.481 e. The maximum atomic E-state index is 10.5. The number of halogens is 1. The SMILES string of the molecule is Cc1cc(-n2cc(CC(=O)O)nn2)ccc1Br. The summed E-state index contributed by atoms with van der Waals surface area (Å²) in [4.78, 5) is 10.5. The number of benzene rings is 1. The van der Waals surface area contributed by atoms with E-state index in [0.717, 1.165) is 15.7 Å². The summed E-state index contributed by atoms with van der Waals surface area (Å²) in [6.07, 6.45) is 1.51. The van der Waals surface area contributed by atoms with E-state index in [1.54, 1.807) is 10.9 Å². The quantitative estimate of drug-likeness (QED) is 0.940. The molecule has 0 saturated heterocycles. The molecule has 1 aromatic carbocycles. The van der Waals surface area contributed by atoms with Crippen molar-refractivity contribution in [3.05, 3.63) is 40.1 Å². The van der Waals surface area contributed by atoms with Crippen LogP contribution in [-0.4, -0.2) is 26.1 Å². The summed E-state index contributed by atoms with van der Waals surface area (Å²) in [5.41, 5.74) is 2.38. The van der Waals surface area contributed by atoms with Gasteiger partial charge in [0.1, 0.15) is 0 Å². The van der Waals surface area contributed by atoms with Gasteiger partial charge in [0.05, 0.1) is 24.0 Å². The Hall–Kier alpha value is -1.69. The Bertz CT molecular complexity index is 566. The van der Waals surface area contributed by atoms with Gasteiger partial charge in [0.2, 0.25) is 0 Å². The first-order valence-electron chi connectivity index (χ1n) is 4.96. The fourth-order valence-electron chi connectivity index (χ4n) is 1.43. The van der Waals surface area contributed by atoms with Crippen LogP contribution in [0.4, 0.5) is 0 Å². The topological polar surface area (TPSA) is 68.0 Å². The maximum absolute atomic E-state index is 10.5. The molecule has 1 heterocycles. The van der Waals surface area contributed by atoms with Gasteiger partial charge in [-0.1, -0.05) is 21.1 Å². The van der Waals surface area contributed by atoms with Crippen molar-refractivity contribution in [2.45, 2.75) is 13.3 Å². The summed E-state index contributed by atoms with van der Waals surface area (Å²) < 4.78 is 2.59. The van der Waals surface area contributed by atoms with Crippen molar-refractivity contribution < 1.29 is 9.90 Å². The normalized spacial score (nSPS) is 10.5. The lowest BCUT2D eigenvalue weighted by molar-refractivity contribution is -0.136. The molecule has 0 spiro atoms.